The number of ether oxygens (including phenoxy) is 4. The fraction of sp³-hybridized carbons (Fsp3) is 0.731. The largest absolute Gasteiger partial charge is 0.485 e. The first-order valence-corrected chi connectivity index (χ1v) is 13.1. The maximum Gasteiger partial charge on any atom is 0.416 e. The molecule has 0 aliphatic carbocycles. The highest BCUT2D eigenvalue weighted by atomic mass is 16.6. The molecular weight excluding hydrogens is 508 g/mol. The number of likely N-dealkylation sites (N-methyl/N-ethyl adjacent to an activating group) is 1. The van der Waals surface area contributed by atoms with Crippen LogP contribution in [-0.4, -0.2) is 89.3 Å². The van der Waals surface area contributed by atoms with Crippen molar-refractivity contribution in [3.05, 3.63) is 0 Å². The van der Waals surface area contributed by atoms with Crippen molar-refractivity contribution in [3.8, 4) is 5.75 Å². The van der Waals surface area contributed by atoms with Gasteiger partial charge in [-0.3, -0.25) is 10.2 Å². The molecule has 1 aromatic rings. The summed E-state index contributed by atoms with van der Waals surface area (Å²) in [5, 5.41) is 2.57. The SMILES string of the molecule is CN(C(=O)OC(C)(C)C)[C@@H]1CCN(c2nc(NC(=O)OC(C)(C)C)nc3c2OCCN3C(=O)OC(C)(C)C)C1. The van der Waals surface area contributed by atoms with Crippen LogP contribution in [0.2, 0.25) is 0 Å². The molecule has 218 valence electrons. The summed E-state index contributed by atoms with van der Waals surface area (Å²) in [6, 6.07) is -0.154. The number of rotatable bonds is 3. The van der Waals surface area contributed by atoms with Gasteiger partial charge in [0.1, 0.15) is 23.4 Å². The third-order valence-corrected chi connectivity index (χ3v) is 5.57. The van der Waals surface area contributed by atoms with Crippen LogP contribution >= 0.6 is 0 Å². The third kappa shape index (κ3) is 8.24. The lowest BCUT2D eigenvalue weighted by Crippen LogP contribution is -2.43. The Bertz CT molecular complexity index is 1090. The average molecular weight is 551 g/mol. The van der Waals surface area contributed by atoms with Crippen LogP contribution in [-0.2, 0) is 14.2 Å². The lowest BCUT2D eigenvalue weighted by Gasteiger charge is -2.33. The minimum absolute atomic E-state index is 0.0546. The Morgan fingerprint density at radius 2 is 1.49 bits per heavy atom. The summed E-state index contributed by atoms with van der Waals surface area (Å²) in [6.07, 6.45) is -1.10. The van der Waals surface area contributed by atoms with Crippen LogP contribution in [0.25, 0.3) is 0 Å². The maximum atomic E-state index is 13.1. The van der Waals surface area contributed by atoms with Crippen LogP contribution in [0.4, 0.5) is 32.0 Å². The van der Waals surface area contributed by atoms with Gasteiger partial charge in [-0.05, 0) is 68.7 Å². The van der Waals surface area contributed by atoms with E-state index in [0.29, 0.717) is 31.1 Å². The fourth-order valence-corrected chi connectivity index (χ4v) is 3.98. The highest BCUT2D eigenvalue weighted by molar-refractivity contribution is 5.92. The zero-order valence-corrected chi connectivity index (χ0v) is 24.7. The predicted octanol–water partition coefficient (Wildman–Crippen LogP) is 4.40. The van der Waals surface area contributed by atoms with Crippen LogP contribution in [0.3, 0.4) is 0 Å². The van der Waals surface area contributed by atoms with Gasteiger partial charge in [-0.2, -0.15) is 9.97 Å². The number of hydrogen-bond acceptors (Lipinski definition) is 10. The standard InChI is InChI=1S/C26H42N6O7/c1-24(2,3)37-21(33)29-20-27-18(31-12-11-16(15-31)30(10)22(34)38-25(4,5)6)17-19(28-20)32(13-14-36-17)23(35)39-26(7,8)9/h16H,11-15H2,1-10H3,(H,27,28,29,33)/t16-/m1/s1. The van der Waals surface area contributed by atoms with Crippen LogP contribution in [0.15, 0.2) is 0 Å². The van der Waals surface area contributed by atoms with E-state index in [-0.39, 0.29) is 31.0 Å². The van der Waals surface area contributed by atoms with E-state index < -0.39 is 35.1 Å². The lowest BCUT2D eigenvalue weighted by molar-refractivity contribution is 0.0237. The first kappa shape index (κ1) is 30.0. The van der Waals surface area contributed by atoms with E-state index in [4.69, 9.17) is 18.9 Å². The van der Waals surface area contributed by atoms with Crippen LogP contribution < -0.4 is 19.9 Å². The van der Waals surface area contributed by atoms with Crippen molar-refractivity contribution in [1.82, 2.24) is 14.9 Å². The van der Waals surface area contributed by atoms with E-state index in [2.05, 4.69) is 15.3 Å². The van der Waals surface area contributed by atoms with Crippen LogP contribution in [0.5, 0.6) is 5.75 Å². The van der Waals surface area contributed by atoms with Gasteiger partial charge in [-0.15, -0.1) is 0 Å². The number of nitrogens with one attached hydrogen (secondary N) is 1. The number of carbonyl (C=O) groups excluding carboxylic acids is 3. The Hall–Kier alpha value is -3.51. The third-order valence-electron chi connectivity index (χ3n) is 5.57. The monoisotopic (exact) mass is 550 g/mol. The molecule has 2 aliphatic heterocycles. The number of amides is 3. The van der Waals surface area contributed by atoms with Gasteiger partial charge in [0.05, 0.1) is 12.6 Å². The summed E-state index contributed by atoms with van der Waals surface area (Å²) in [7, 11) is 1.70. The van der Waals surface area contributed by atoms with Gasteiger partial charge in [-0.1, -0.05) is 0 Å². The van der Waals surface area contributed by atoms with Gasteiger partial charge < -0.3 is 28.7 Å². The molecule has 1 fully saturated rings. The zero-order chi connectivity index (χ0) is 29.3. The van der Waals surface area contributed by atoms with E-state index in [1.165, 1.54) is 4.90 Å². The van der Waals surface area contributed by atoms with Crippen molar-refractivity contribution in [3.63, 3.8) is 0 Å². The highest BCUT2D eigenvalue weighted by Gasteiger charge is 2.37. The Morgan fingerprint density at radius 1 is 0.897 bits per heavy atom. The van der Waals surface area contributed by atoms with Gasteiger partial charge in [0.2, 0.25) is 11.7 Å². The Kier molecular flexibility index (Phi) is 8.42. The molecule has 3 rings (SSSR count). The molecule has 13 nitrogen and oxygen atoms in total. The number of anilines is 3. The molecule has 1 N–H and O–H groups in total. The Labute approximate surface area is 230 Å². The summed E-state index contributed by atoms with van der Waals surface area (Å²) in [4.78, 5) is 52.2. The zero-order valence-electron chi connectivity index (χ0n) is 24.7. The van der Waals surface area contributed by atoms with E-state index in [1.807, 2.05) is 25.7 Å². The second kappa shape index (κ2) is 10.9. The van der Waals surface area contributed by atoms with Gasteiger partial charge >= 0.3 is 18.3 Å². The molecule has 3 amide bonds. The Balaban J connectivity index is 1.94. The van der Waals surface area contributed by atoms with E-state index in [9.17, 15) is 14.4 Å². The van der Waals surface area contributed by atoms with E-state index in [1.54, 1.807) is 53.5 Å². The number of fused-ring (bicyclic) bond motifs is 1. The molecule has 1 saturated heterocycles. The Morgan fingerprint density at radius 3 is 2.08 bits per heavy atom. The molecule has 1 aromatic heterocycles. The molecule has 0 bridgehead atoms. The van der Waals surface area contributed by atoms with Gasteiger partial charge in [-0.25, -0.2) is 14.4 Å². The van der Waals surface area contributed by atoms with Gasteiger partial charge in [0.25, 0.3) is 0 Å². The second-order valence-corrected chi connectivity index (χ2v) is 12.6. The highest BCUT2D eigenvalue weighted by Crippen LogP contribution is 2.41. The summed E-state index contributed by atoms with van der Waals surface area (Å²) in [5.41, 5.74) is -2.07. The first-order valence-electron chi connectivity index (χ1n) is 13.1. The quantitative estimate of drug-likeness (QED) is 0.539. The first-order chi connectivity index (χ1) is 17.8. The van der Waals surface area contributed by atoms with Crippen molar-refractivity contribution in [2.24, 2.45) is 0 Å². The summed E-state index contributed by atoms with van der Waals surface area (Å²) < 4.78 is 22.4. The smallest absolute Gasteiger partial charge is 0.416 e. The molecule has 0 aromatic carbocycles. The fourth-order valence-electron chi connectivity index (χ4n) is 3.98. The minimum Gasteiger partial charge on any atom is -0.485 e. The van der Waals surface area contributed by atoms with Gasteiger partial charge in [0.15, 0.2) is 11.6 Å². The topological polar surface area (TPSA) is 136 Å². The van der Waals surface area contributed by atoms with E-state index in [0.717, 1.165) is 0 Å². The van der Waals surface area contributed by atoms with Crippen molar-refractivity contribution in [1.29, 1.82) is 0 Å². The number of carbonyl (C=O) groups is 3. The lowest BCUT2D eigenvalue weighted by atomic mass is 10.2. The average Bonchev–Trinajstić information content (AvgIpc) is 3.24. The van der Waals surface area contributed by atoms with Crippen LogP contribution in [0.1, 0.15) is 68.7 Å². The molecule has 13 heteroatoms. The number of hydrogen-bond donors (Lipinski definition) is 1. The second-order valence-electron chi connectivity index (χ2n) is 12.6. The molecular formula is C26H42N6O7. The van der Waals surface area contributed by atoms with E-state index >= 15 is 0 Å². The van der Waals surface area contributed by atoms with Crippen LogP contribution in [0, 0.1) is 0 Å². The summed E-state index contributed by atoms with van der Waals surface area (Å²) >= 11 is 0. The molecule has 0 unspecified atom stereocenters. The predicted molar refractivity (Wildman–Crippen MR) is 146 cm³/mol. The molecule has 39 heavy (non-hydrogen) atoms. The van der Waals surface area contributed by atoms with Crippen molar-refractivity contribution < 1.29 is 33.3 Å². The summed E-state index contributed by atoms with van der Waals surface area (Å²) in [6.45, 7) is 17.4. The molecule has 0 radical (unpaired) electrons. The number of aromatic nitrogens is 2. The summed E-state index contributed by atoms with van der Waals surface area (Å²) in [5.74, 6) is 0.804. The van der Waals surface area contributed by atoms with Crippen molar-refractivity contribution in [2.75, 3.05) is 48.4 Å². The molecule has 1 atom stereocenters. The number of nitrogens with zero attached hydrogens (tertiary/aromatic N) is 5. The van der Waals surface area contributed by atoms with Crippen molar-refractivity contribution in [2.45, 2.75) is 91.6 Å². The molecule has 0 saturated carbocycles. The molecule has 0 spiro atoms. The minimum atomic E-state index is -0.738. The van der Waals surface area contributed by atoms with Gasteiger partial charge in [0, 0.05) is 20.1 Å². The molecule has 2 aliphatic rings. The van der Waals surface area contributed by atoms with Crippen molar-refractivity contribution >= 4 is 35.9 Å². The molecule has 3 heterocycles. The maximum absolute atomic E-state index is 13.1. The normalized spacial score (nSPS) is 17.6.